The Balaban J connectivity index is 2.25. The van der Waals surface area contributed by atoms with Gasteiger partial charge in [0.25, 0.3) is 0 Å². The normalized spacial score (nSPS) is 11.1. The van der Waals surface area contributed by atoms with Crippen LogP contribution in [0.4, 0.5) is 5.95 Å². The monoisotopic (exact) mass is 293 g/mol. The second-order valence-electron chi connectivity index (χ2n) is 4.08. The van der Waals surface area contributed by atoms with E-state index in [1.807, 2.05) is 6.92 Å². The maximum atomic E-state index is 5.93. The summed E-state index contributed by atoms with van der Waals surface area (Å²) >= 11 is 7.57. The van der Waals surface area contributed by atoms with Crippen LogP contribution in [0.25, 0.3) is 16.0 Å². The molecule has 98 valence electrons. The second-order valence-corrected chi connectivity index (χ2v) is 5.75. The predicted molar refractivity (Wildman–Crippen MR) is 78.4 cm³/mol. The highest BCUT2D eigenvalue weighted by Gasteiger charge is 2.12. The Hall–Kier alpha value is -1.66. The Bertz CT molecular complexity index is 733. The lowest BCUT2D eigenvalue weighted by Crippen LogP contribution is -2.06. The van der Waals surface area contributed by atoms with Gasteiger partial charge in [0.2, 0.25) is 5.95 Å². The highest BCUT2D eigenvalue weighted by Crippen LogP contribution is 2.28. The third-order valence-electron chi connectivity index (χ3n) is 2.60. The number of thiophene rings is 1. The zero-order valence-electron chi connectivity index (χ0n) is 10.5. The number of nitrogens with one attached hydrogen (secondary N) is 1. The van der Waals surface area contributed by atoms with Crippen molar-refractivity contribution in [3.8, 4) is 5.82 Å². The van der Waals surface area contributed by atoms with Crippen molar-refractivity contribution in [1.29, 1.82) is 0 Å². The van der Waals surface area contributed by atoms with Gasteiger partial charge in [0.1, 0.15) is 4.83 Å². The van der Waals surface area contributed by atoms with Crippen LogP contribution >= 0.6 is 22.9 Å². The fourth-order valence-corrected chi connectivity index (χ4v) is 2.87. The molecule has 0 spiro atoms. The average molecular weight is 294 g/mol. The summed E-state index contributed by atoms with van der Waals surface area (Å²) in [5.41, 5.74) is 0. The summed E-state index contributed by atoms with van der Waals surface area (Å²) in [5.74, 6) is 1.36. The highest BCUT2D eigenvalue weighted by atomic mass is 35.5. The number of aromatic nitrogens is 4. The number of hydrogen-bond acceptors (Lipinski definition) is 5. The van der Waals surface area contributed by atoms with Crippen LogP contribution in [-0.4, -0.2) is 26.3 Å². The van der Waals surface area contributed by atoms with Crippen molar-refractivity contribution in [2.24, 2.45) is 0 Å². The molecule has 5 nitrogen and oxygen atoms in total. The Morgan fingerprint density at radius 2 is 2.26 bits per heavy atom. The zero-order chi connectivity index (χ0) is 13.4. The summed E-state index contributed by atoms with van der Waals surface area (Å²) < 4.78 is 1.68. The minimum Gasteiger partial charge on any atom is -0.354 e. The van der Waals surface area contributed by atoms with Crippen LogP contribution in [0.3, 0.4) is 0 Å². The van der Waals surface area contributed by atoms with Crippen molar-refractivity contribution in [3.63, 3.8) is 0 Å². The van der Waals surface area contributed by atoms with Crippen molar-refractivity contribution < 1.29 is 0 Å². The molecule has 0 unspecified atom stereocenters. The summed E-state index contributed by atoms with van der Waals surface area (Å²) in [6.07, 6.45) is 3.34. The third kappa shape index (κ3) is 2.29. The van der Waals surface area contributed by atoms with Gasteiger partial charge in [-0.15, -0.1) is 11.3 Å². The molecule has 0 saturated heterocycles. The first-order valence-corrected chi connectivity index (χ1v) is 7.09. The van der Waals surface area contributed by atoms with Crippen LogP contribution < -0.4 is 5.32 Å². The lowest BCUT2D eigenvalue weighted by Gasteiger charge is -2.06. The maximum absolute atomic E-state index is 5.93. The number of rotatable bonds is 3. The van der Waals surface area contributed by atoms with Crippen LogP contribution in [-0.2, 0) is 0 Å². The number of hydrogen-bond donors (Lipinski definition) is 1. The van der Waals surface area contributed by atoms with Crippen LogP contribution in [0.2, 0.25) is 5.02 Å². The lowest BCUT2D eigenvalue weighted by molar-refractivity contribution is 0.851. The molecule has 0 fully saturated rings. The summed E-state index contributed by atoms with van der Waals surface area (Å²) in [7, 11) is 0. The molecular weight excluding hydrogens is 282 g/mol. The molecule has 0 aliphatic carbocycles. The second kappa shape index (κ2) is 4.79. The van der Waals surface area contributed by atoms with Gasteiger partial charge >= 0.3 is 0 Å². The molecule has 0 aromatic carbocycles. The topological polar surface area (TPSA) is 55.6 Å². The first-order chi connectivity index (χ1) is 9.17. The van der Waals surface area contributed by atoms with Crippen molar-refractivity contribution in [3.05, 3.63) is 28.4 Å². The molecule has 0 radical (unpaired) electrons. The molecule has 3 rings (SSSR count). The van der Waals surface area contributed by atoms with Crippen molar-refractivity contribution >= 4 is 39.1 Å². The summed E-state index contributed by atoms with van der Waals surface area (Å²) in [4.78, 5) is 11.2. The molecule has 0 aliphatic rings. The largest absolute Gasteiger partial charge is 0.354 e. The van der Waals surface area contributed by atoms with Gasteiger partial charge in [-0.3, -0.25) is 0 Å². The molecule has 19 heavy (non-hydrogen) atoms. The Kier molecular flexibility index (Phi) is 3.12. The molecule has 0 aliphatic heterocycles. The van der Waals surface area contributed by atoms with E-state index in [-0.39, 0.29) is 0 Å². The van der Waals surface area contributed by atoms with E-state index < -0.39 is 0 Å². The van der Waals surface area contributed by atoms with Gasteiger partial charge < -0.3 is 5.32 Å². The Labute approximate surface area is 119 Å². The van der Waals surface area contributed by atoms with Crippen LogP contribution in [0.15, 0.2) is 18.5 Å². The first kappa shape index (κ1) is 12.4. The minimum atomic E-state index is 0.587. The summed E-state index contributed by atoms with van der Waals surface area (Å²) in [5, 5.41) is 8.93. The third-order valence-corrected chi connectivity index (χ3v) is 3.74. The fraction of sp³-hybridized carbons (Fsp3) is 0.250. The average Bonchev–Trinajstić information content (AvgIpc) is 2.93. The number of aryl methyl sites for hydroxylation is 1. The molecule has 0 amide bonds. The van der Waals surface area contributed by atoms with Crippen LogP contribution in [0.1, 0.15) is 11.8 Å². The summed E-state index contributed by atoms with van der Waals surface area (Å²) in [6.45, 7) is 4.84. The van der Waals surface area contributed by atoms with Gasteiger partial charge in [-0.05, 0) is 19.9 Å². The van der Waals surface area contributed by atoms with E-state index in [0.717, 1.165) is 22.6 Å². The molecule has 3 heterocycles. The van der Waals surface area contributed by atoms with E-state index in [9.17, 15) is 0 Å². The van der Waals surface area contributed by atoms with E-state index in [1.54, 1.807) is 28.4 Å². The van der Waals surface area contributed by atoms with Crippen LogP contribution in [0, 0.1) is 6.92 Å². The standard InChI is InChI=1S/C12H12ClN5S/c1-3-14-12-16-10(18-6-8(13)5-15-18)9-4-7(2)19-11(9)17-12/h4-6H,3H2,1-2H3,(H,14,16,17). The SMILES string of the molecule is CCNc1nc(-n2cc(Cl)cn2)c2cc(C)sc2n1. The first-order valence-electron chi connectivity index (χ1n) is 5.90. The molecule has 1 N–H and O–H groups in total. The lowest BCUT2D eigenvalue weighted by atomic mass is 10.3. The van der Waals surface area contributed by atoms with Gasteiger partial charge in [0.05, 0.1) is 22.8 Å². The number of nitrogens with zero attached hydrogens (tertiary/aromatic N) is 4. The van der Waals surface area contributed by atoms with Gasteiger partial charge in [0.15, 0.2) is 5.82 Å². The molecular formula is C12H12ClN5S. The van der Waals surface area contributed by atoms with Gasteiger partial charge in [-0.2, -0.15) is 10.1 Å². The molecule has 3 aromatic heterocycles. The number of anilines is 1. The van der Waals surface area contributed by atoms with Crippen molar-refractivity contribution in [1.82, 2.24) is 19.7 Å². The number of fused-ring (bicyclic) bond motifs is 1. The van der Waals surface area contributed by atoms with E-state index in [0.29, 0.717) is 11.0 Å². The summed E-state index contributed by atoms with van der Waals surface area (Å²) in [6, 6.07) is 2.07. The predicted octanol–water partition coefficient (Wildman–Crippen LogP) is 3.27. The molecule has 3 aromatic rings. The van der Waals surface area contributed by atoms with E-state index in [1.165, 1.54) is 4.88 Å². The van der Waals surface area contributed by atoms with Crippen molar-refractivity contribution in [2.45, 2.75) is 13.8 Å². The van der Waals surface area contributed by atoms with Gasteiger partial charge in [-0.1, -0.05) is 11.6 Å². The molecule has 7 heteroatoms. The Morgan fingerprint density at radius 3 is 2.95 bits per heavy atom. The maximum Gasteiger partial charge on any atom is 0.226 e. The minimum absolute atomic E-state index is 0.587. The Morgan fingerprint density at radius 1 is 1.42 bits per heavy atom. The fourth-order valence-electron chi connectivity index (χ4n) is 1.86. The molecule has 0 bridgehead atoms. The van der Waals surface area contributed by atoms with E-state index in [2.05, 4.69) is 33.4 Å². The van der Waals surface area contributed by atoms with Crippen molar-refractivity contribution in [2.75, 3.05) is 11.9 Å². The molecule has 0 saturated carbocycles. The quantitative estimate of drug-likeness (QED) is 0.805. The zero-order valence-corrected chi connectivity index (χ0v) is 12.1. The molecule has 0 atom stereocenters. The smallest absolute Gasteiger partial charge is 0.226 e. The number of halogens is 1. The van der Waals surface area contributed by atoms with E-state index in [4.69, 9.17) is 11.6 Å². The highest BCUT2D eigenvalue weighted by molar-refractivity contribution is 7.18. The van der Waals surface area contributed by atoms with E-state index >= 15 is 0 Å². The van der Waals surface area contributed by atoms with Gasteiger partial charge in [0, 0.05) is 11.4 Å². The van der Waals surface area contributed by atoms with Gasteiger partial charge in [-0.25, -0.2) is 9.67 Å². The van der Waals surface area contributed by atoms with Crippen LogP contribution in [0.5, 0.6) is 0 Å².